The molecule has 4 rings (SSSR count). The maximum atomic E-state index is 6.26. The molecule has 2 aromatic heterocycles. The number of hydrogen-bond donors (Lipinski definition) is 0. The van der Waals surface area contributed by atoms with Gasteiger partial charge in [0.15, 0.2) is 0 Å². The number of nitrogens with zero attached hydrogens (tertiary/aromatic N) is 5. The normalized spacial score (nSPS) is 15.3. The zero-order valence-electron chi connectivity index (χ0n) is 14.3. The Morgan fingerprint density at radius 3 is 2.63 bits per heavy atom. The fraction of sp³-hybridized carbons (Fsp3) is 0.278. The van der Waals surface area contributed by atoms with Crippen molar-refractivity contribution in [2.24, 2.45) is 0 Å². The number of halogens is 3. The summed E-state index contributed by atoms with van der Waals surface area (Å²) < 4.78 is 6.80. The number of anilines is 1. The Hall–Kier alpha value is -1.67. The van der Waals surface area contributed by atoms with Crippen LogP contribution < -0.4 is 4.90 Å². The van der Waals surface area contributed by atoms with Crippen molar-refractivity contribution in [1.29, 1.82) is 0 Å². The summed E-state index contributed by atoms with van der Waals surface area (Å²) in [5.41, 5.74) is 0.899. The van der Waals surface area contributed by atoms with Gasteiger partial charge in [-0.15, -0.1) is 10.2 Å². The van der Waals surface area contributed by atoms with Crippen molar-refractivity contribution in [2.75, 3.05) is 31.1 Å². The summed E-state index contributed by atoms with van der Waals surface area (Å²) in [6.45, 7) is 3.98. The van der Waals surface area contributed by atoms with Gasteiger partial charge in [-0.3, -0.25) is 4.90 Å². The summed E-state index contributed by atoms with van der Waals surface area (Å²) in [4.78, 5) is 8.79. The molecule has 9 heteroatoms. The second-order valence-electron chi connectivity index (χ2n) is 6.23. The molecular formula is C18H16BrCl2N5O. The van der Waals surface area contributed by atoms with Crippen LogP contribution >= 0.6 is 39.1 Å². The molecule has 0 unspecified atom stereocenters. The van der Waals surface area contributed by atoms with Crippen LogP contribution in [0.15, 0.2) is 45.4 Å². The minimum Gasteiger partial charge on any atom is -0.419 e. The Labute approximate surface area is 175 Å². The lowest BCUT2D eigenvalue weighted by atomic mass is 10.2. The molecule has 0 saturated carbocycles. The van der Waals surface area contributed by atoms with Gasteiger partial charge in [0, 0.05) is 42.4 Å². The maximum absolute atomic E-state index is 6.26. The summed E-state index contributed by atoms with van der Waals surface area (Å²) >= 11 is 15.6. The van der Waals surface area contributed by atoms with E-state index in [1.807, 2.05) is 24.3 Å². The Balaban J connectivity index is 1.37. The van der Waals surface area contributed by atoms with Crippen molar-refractivity contribution in [2.45, 2.75) is 6.54 Å². The molecule has 1 fully saturated rings. The van der Waals surface area contributed by atoms with Crippen LogP contribution in [0.1, 0.15) is 5.89 Å². The molecule has 0 N–H and O–H groups in total. The summed E-state index contributed by atoms with van der Waals surface area (Å²) in [5, 5.41) is 9.46. The zero-order valence-corrected chi connectivity index (χ0v) is 17.4. The lowest BCUT2D eigenvalue weighted by Gasteiger charge is -2.35. The van der Waals surface area contributed by atoms with Gasteiger partial charge >= 0.3 is 0 Å². The topological polar surface area (TPSA) is 58.3 Å². The molecule has 3 heterocycles. The monoisotopic (exact) mass is 467 g/mol. The van der Waals surface area contributed by atoms with Crippen LogP contribution in [0.3, 0.4) is 0 Å². The third kappa shape index (κ3) is 4.43. The van der Waals surface area contributed by atoms with Crippen LogP contribution in [-0.4, -0.2) is 46.3 Å². The molecular weight excluding hydrogens is 453 g/mol. The van der Waals surface area contributed by atoms with Crippen LogP contribution in [0, 0.1) is 0 Å². The average molecular weight is 469 g/mol. The van der Waals surface area contributed by atoms with Gasteiger partial charge in [0.2, 0.25) is 11.8 Å². The molecule has 1 saturated heterocycles. The highest BCUT2D eigenvalue weighted by Gasteiger charge is 2.22. The van der Waals surface area contributed by atoms with Gasteiger partial charge in [-0.25, -0.2) is 4.98 Å². The van der Waals surface area contributed by atoms with Gasteiger partial charge in [0.25, 0.3) is 0 Å². The van der Waals surface area contributed by atoms with Crippen LogP contribution in [0.2, 0.25) is 10.0 Å². The van der Waals surface area contributed by atoms with Gasteiger partial charge in [-0.1, -0.05) is 45.2 Å². The van der Waals surface area contributed by atoms with Gasteiger partial charge in [-0.05, 0) is 24.3 Å². The van der Waals surface area contributed by atoms with E-state index >= 15 is 0 Å². The van der Waals surface area contributed by atoms with Crippen LogP contribution in [0.4, 0.5) is 5.82 Å². The molecule has 1 aromatic carbocycles. The van der Waals surface area contributed by atoms with Gasteiger partial charge in [0.1, 0.15) is 5.82 Å². The lowest BCUT2D eigenvalue weighted by Crippen LogP contribution is -2.46. The molecule has 0 spiro atoms. The van der Waals surface area contributed by atoms with Crippen LogP contribution in [-0.2, 0) is 6.54 Å². The quantitative estimate of drug-likeness (QED) is 0.560. The maximum Gasteiger partial charge on any atom is 0.247 e. The summed E-state index contributed by atoms with van der Waals surface area (Å²) in [6, 6.07) is 9.53. The zero-order chi connectivity index (χ0) is 18.8. The predicted octanol–water partition coefficient (Wildman–Crippen LogP) is 4.52. The van der Waals surface area contributed by atoms with Crippen LogP contribution in [0.25, 0.3) is 11.5 Å². The first kappa shape index (κ1) is 18.7. The first-order chi connectivity index (χ1) is 13.1. The summed E-state index contributed by atoms with van der Waals surface area (Å²) in [7, 11) is 0. The minimum atomic E-state index is 0.530. The van der Waals surface area contributed by atoms with E-state index in [0.29, 0.717) is 28.4 Å². The molecule has 0 aliphatic carbocycles. The van der Waals surface area contributed by atoms with Crippen molar-refractivity contribution >= 4 is 44.9 Å². The summed E-state index contributed by atoms with van der Waals surface area (Å²) in [5.74, 6) is 1.92. The summed E-state index contributed by atoms with van der Waals surface area (Å²) in [6.07, 6.45) is 1.62. The number of aromatic nitrogens is 3. The number of hydrogen-bond acceptors (Lipinski definition) is 6. The largest absolute Gasteiger partial charge is 0.419 e. The van der Waals surface area contributed by atoms with Crippen molar-refractivity contribution in [3.8, 4) is 11.5 Å². The Morgan fingerprint density at radius 2 is 1.89 bits per heavy atom. The number of benzene rings is 1. The minimum absolute atomic E-state index is 0.530. The second kappa shape index (κ2) is 8.14. The van der Waals surface area contributed by atoms with Crippen LogP contribution in [0.5, 0.6) is 0 Å². The Bertz CT molecular complexity index is 943. The third-order valence-corrected chi connectivity index (χ3v) is 5.34. The van der Waals surface area contributed by atoms with E-state index < -0.39 is 0 Å². The average Bonchev–Trinajstić information content (AvgIpc) is 3.11. The highest BCUT2D eigenvalue weighted by Crippen LogP contribution is 2.27. The molecule has 3 aromatic rings. The van der Waals surface area contributed by atoms with Gasteiger partial charge in [-0.2, -0.15) is 0 Å². The van der Waals surface area contributed by atoms with Gasteiger partial charge < -0.3 is 9.32 Å². The fourth-order valence-electron chi connectivity index (χ4n) is 3.00. The lowest BCUT2D eigenvalue weighted by molar-refractivity contribution is 0.226. The van der Waals surface area contributed by atoms with E-state index in [0.717, 1.165) is 42.0 Å². The molecule has 0 amide bonds. The van der Waals surface area contributed by atoms with E-state index in [1.165, 1.54) is 0 Å². The highest BCUT2D eigenvalue weighted by molar-refractivity contribution is 9.10. The predicted molar refractivity (Wildman–Crippen MR) is 109 cm³/mol. The van der Waals surface area contributed by atoms with Gasteiger partial charge in [0.05, 0.1) is 16.6 Å². The van der Waals surface area contributed by atoms with E-state index in [4.69, 9.17) is 27.6 Å². The van der Waals surface area contributed by atoms with E-state index in [9.17, 15) is 0 Å². The second-order valence-corrected chi connectivity index (χ2v) is 7.99. The molecule has 1 aliphatic heterocycles. The van der Waals surface area contributed by atoms with Crippen molar-refractivity contribution in [3.05, 3.63) is 56.9 Å². The Morgan fingerprint density at radius 1 is 1.07 bits per heavy atom. The van der Waals surface area contributed by atoms with E-state index in [-0.39, 0.29) is 0 Å². The molecule has 0 radical (unpaired) electrons. The highest BCUT2D eigenvalue weighted by atomic mass is 79.9. The molecule has 1 aliphatic rings. The Kier molecular flexibility index (Phi) is 5.63. The SMILES string of the molecule is Clc1cnc(N2CCN(Cc3nnc(-c4cccc(Br)c4)o3)CC2)c(Cl)c1. The molecule has 140 valence electrons. The number of rotatable bonds is 4. The third-order valence-electron chi connectivity index (χ3n) is 4.36. The number of piperazine rings is 1. The van der Waals surface area contributed by atoms with Crippen molar-refractivity contribution in [3.63, 3.8) is 0 Å². The van der Waals surface area contributed by atoms with E-state index in [1.54, 1.807) is 12.3 Å². The molecule has 0 atom stereocenters. The van der Waals surface area contributed by atoms with Crippen molar-refractivity contribution in [1.82, 2.24) is 20.1 Å². The molecule has 27 heavy (non-hydrogen) atoms. The smallest absolute Gasteiger partial charge is 0.247 e. The fourth-order valence-corrected chi connectivity index (χ4v) is 3.90. The first-order valence-corrected chi connectivity index (χ1v) is 10.00. The van der Waals surface area contributed by atoms with Crippen molar-refractivity contribution < 1.29 is 4.42 Å². The van der Waals surface area contributed by atoms with E-state index in [2.05, 4.69) is 40.9 Å². The first-order valence-electron chi connectivity index (χ1n) is 8.45. The molecule has 0 bridgehead atoms. The standard InChI is InChI=1S/C18H16BrCl2N5O/c19-13-3-1-2-12(8-13)18-24-23-16(27-18)11-25-4-6-26(7-5-25)17-15(21)9-14(20)10-22-17/h1-3,8-10H,4-7,11H2. The molecule has 6 nitrogen and oxygen atoms in total. The number of pyridine rings is 1.